The van der Waals surface area contributed by atoms with Gasteiger partial charge < -0.3 is 0 Å². The third-order valence-electron chi connectivity index (χ3n) is 0.400. The highest BCUT2D eigenvalue weighted by atomic mass is 32.1. The molecular formula is C2H8O3PS+. The molecule has 3 nitrogen and oxygen atoms in total. The van der Waals surface area contributed by atoms with Crippen molar-refractivity contribution >= 4 is 20.6 Å². The molecular weight excluding hydrogens is 135 g/mol. The summed E-state index contributed by atoms with van der Waals surface area (Å²) in [7, 11) is -3.49. The van der Waals surface area contributed by atoms with Crippen LogP contribution in [-0.2, 0) is 0 Å². The molecule has 0 atom stereocenters. The van der Waals surface area contributed by atoms with Crippen LogP contribution in [0.25, 0.3) is 0 Å². The average Bonchev–Trinajstić information content (AvgIpc) is 1.30. The molecule has 5 heteroatoms. The molecule has 0 fully saturated rings. The van der Waals surface area contributed by atoms with Crippen LogP contribution < -0.4 is 0 Å². The predicted octanol–water partition coefficient (Wildman–Crippen LogP) is -0.344. The van der Waals surface area contributed by atoms with E-state index in [1.54, 1.807) is 0 Å². The van der Waals surface area contributed by atoms with Crippen molar-refractivity contribution in [1.29, 1.82) is 0 Å². The quantitative estimate of drug-likeness (QED) is 0.316. The molecule has 0 aromatic heterocycles. The maximum Gasteiger partial charge on any atom is 0.404 e. The zero-order chi connectivity index (χ0) is 5.91. The lowest BCUT2D eigenvalue weighted by Crippen LogP contribution is -1.94. The van der Waals surface area contributed by atoms with E-state index < -0.39 is 7.94 Å². The van der Waals surface area contributed by atoms with Gasteiger partial charge in [-0.05, 0) is 0 Å². The van der Waals surface area contributed by atoms with Crippen LogP contribution in [0.2, 0.25) is 0 Å². The summed E-state index contributed by atoms with van der Waals surface area (Å²) in [6, 6.07) is 0. The van der Waals surface area contributed by atoms with Crippen molar-refractivity contribution in [2.24, 2.45) is 0 Å². The summed E-state index contributed by atoms with van der Waals surface area (Å²) < 4.78 is 0. The SMILES string of the molecule is O[P+](O)(O)CCS. The Morgan fingerprint density at radius 3 is 1.71 bits per heavy atom. The highest BCUT2D eigenvalue weighted by Gasteiger charge is 2.27. The van der Waals surface area contributed by atoms with Gasteiger partial charge in [-0.25, -0.2) is 0 Å². The first-order chi connectivity index (χ1) is 3.06. The van der Waals surface area contributed by atoms with Crippen LogP contribution in [0.15, 0.2) is 0 Å². The van der Waals surface area contributed by atoms with Gasteiger partial charge in [0.1, 0.15) is 6.16 Å². The highest BCUT2D eigenvalue weighted by Crippen LogP contribution is 2.43. The van der Waals surface area contributed by atoms with E-state index in [9.17, 15) is 0 Å². The molecule has 0 heterocycles. The summed E-state index contributed by atoms with van der Waals surface area (Å²) in [6.07, 6.45) is -0.0177. The molecule has 0 aliphatic heterocycles. The summed E-state index contributed by atoms with van der Waals surface area (Å²) >= 11 is 3.66. The average molecular weight is 143 g/mol. The van der Waals surface area contributed by atoms with Gasteiger partial charge in [-0.3, -0.25) is 0 Å². The predicted molar refractivity (Wildman–Crippen MR) is 32.3 cm³/mol. The van der Waals surface area contributed by atoms with Gasteiger partial charge in [0.15, 0.2) is 0 Å². The van der Waals surface area contributed by atoms with Gasteiger partial charge in [0, 0.05) is 5.75 Å². The second-order valence-electron chi connectivity index (χ2n) is 1.14. The largest absolute Gasteiger partial charge is 0.404 e. The Morgan fingerprint density at radius 1 is 1.29 bits per heavy atom. The van der Waals surface area contributed by atoms with Crippen molar-refractivity contribution in [2.45, 2.75) is 0 Å². The van der Waals surface area contributed by atoms with Crippen molar-refractivity contribution < 1.29 is 14.7 Å². The minimum Gasteiger partial charge on any atom is -0.193 e. The molecule has 0 aromatic rings. The van der Waals surface area contributed by atoms with E-state index in [0.29, 0.717) is 5.75 Å². The molecule has 0 aliphatic carbocycles. The fourth-order valence-corrected chi connectivity index (χ4v) is 1.21. The van der Waals surface area contributed by atoms with E-state index >= 15 is 0 Å². The molecule has 0 amide bonds. The van der Waals surface area contributed by atoms with Crippen molar-refractivity contribution in [3.05, 3.63) is 0 Å². The van der Waals surface area contributed by atoms with Crippen molar-refractivity contribution in [3.8, 4) is 0 Å². The molecule has 0 aliphatic rings. The Hall–Kier alpha value is 0.660. The Morgan fingerprint density at radius 2 is 1.71 bits per heavy atom. The minimum absolute atomic E-state index is 0.0177. The molecule has 0 aromatic carbocycles. The molecule has 0 saturated heterocycles. The van der Waals surface area contributed by atoms with Gasteiger partial charge in [-0.2, -0.15) is 27.3 Å². The molecule has 0 unspecified atom stereocenters. The fraction of sp³-hybridized carbons (Fsp3) is 1.00. The van der Waals surface area contributed by atoms with Gasteiger partial charge in [0.25, 0.3) is 0 Å². The molecule has 0 spiro atoms. The second kappa shape index (κ2) is 2.84. The van der Waals surface area contributed by atoms with Gasteiger partial charge in [-0.1, -0.05) is 0 Å². The smallest absolute Gasteiger partial charge is 0.193 e. The minimum atomic E-state index is -3.49. The van der Waals surface area contributed by atoms with Crippen molar-refractivity contribution in [2.75, 3.05) is 11.9 Å². The summed E-state index contributed by atoms with van der Waals surface area (Å²) in [5.74, 6) is 0.303. The first-order valence-corrected chi connectivity index (χ1v) is 4.20. The summed E-state index contributed by atoms with van der Waals surface area (Å²) in [5, 5.41) is 0. The van der Waals surface area contributed by atoms with Crippen molar-refractivity contribution in [3.63, 3.8) is 0 Å². The van der Waals surface area contributed by atoms with Crippen LogP contribution in [0.4, 0.5) is 0 Å². The lowest BCUT2D eigenvalue weighted by Gasteiger charge is -1.97. The van der Waals surface area contributed by atoms with Crippen LogP contribution in [0.1, 0.15) is 0 Å². The van der Waals surface area contributed by atoms with E-state index in [1.807, 2.05) is 0 Å². The third-order valence-corrected chi connectivity index (χ3v) is 1.80. The molecule has 3 N–H and O–H groups in total. The van der Waals surface area contributed by atoms with Gasteiger partial charge in [0.05, 0.1) is 0 Å². The summed E-state index contributed by atoms with van der Waals surface area (Å²) in [4.78, 5) is 24.6. The molecule has 44 valence electrons. The highest BCUT2D eigenvalue weighted by molar-refractivity contribution is 7.80. The first kappa shape index (κ1) is 7.66. The Bertz CT molecular complexity index is 51.4. The molecule has 0 saturated carbocycles. The number of hydrogen-bond donors (Lipinski definition) is 4. The van der Waals surface area contributed by atoms with E-state index in [2.05, 4.69) is 12.6 Å². The van der Waals surface area contributed by atoms with Gasteiger partial charge in [-0.15, -0.1) is 0 Å². The van der Waals surface area contributed by atoms with Crippen LogP contribution in [0.5, 0.6) is 0 Å². The Labute approximate surface area is 48.0 Å². The van der Waals surface area contributed by atoms with Crippen LogP contribution >= 0.6 is 20.6 Å². The standard InChI is InChI=1S/C2H7O3PS/c3-6(4,5)1-2-7/h3-5H,1-2H2/p+1. The monoisotopic (exact) mass is 143 g/mol. The van der Waals surface area contributed by atoms with E-state index in [4.69, 9.17) is 14.7 Å². The zero-order valence-electron chi connectivity index (χ0n) is 3.65. The van der Waals surface area contributed by atoms with Crippen LogP contribution in [0, 0.1) is 0 Å². The fourth-order valence-electron chi connectivity index (χ4n) is 0.134. The molecule has 7 heavy (non-hydrogen) atoms. The Balaban J connectivity index is 3.15. The summed E-state index contributed by atoms with van der Waals surface area (Å²) in [5.41, 5.74) is 0. The van der Waals surface area contributed by atoms with E-state index in [-0.39, 0.29) is 6.16 Å². The first-order valence-electron chi connectivity index (χ1n) is 1.73. The second-order valence-corrected chi connectivity index (χ2v) is 3.42. The van der Waals surface area contributed by atoms with E-state index in [1.165, 1.54) is 0 Å². The lowest BCUT2D eigenvalue weighted by molar-refractivity contribution is 0.333. The maximum absolute atomic E-state index is 8.19. The number of hydrogen-bond acceptors (Lipinski definition) is 4. The molecule has 0 bridgehead atoms. The maximum atomic E-state index is 8.19. The summed E-state index contributed by atoms with van der Waals surface area (Å²) in [6.45, 7) is 0. The Kier molecular flexibility index (Phi) is 3.11. The zero-order valence-corrected chi connectivity index (χ0v) is 5.44. The van der Waals surface area contributed by atoms with Crippen molar-refractivity contribution in [1.82, 2.24) is 0 Å². The van der Waals surface area contributed by atoms with Crippen LogP contribution in [-0.4, -0.2) is 26.6 Å². The number of rotatable bonds is 2. The van der Waals surface area contributed by atoms with Gasteiger partial charge in [0.2, 0.25) is 0 Å². The molecule has 0 rings (SSSR count). The third kappa shape index (κ3) is 6.66. The number of thiol groups is 1. The van der Waals surface area contributed by atoms with E-state index in [0.717, 1.165) is 0 Å². The lowest BCUT2D eigenvalue weighted by atomic mass is 11.0. The molecule has 0 radical (unpaired) electrons. The van der Waals surface area contributed by atoms with Gasteiger partial charge >= 0.3 is 7.94 Å². The topological polar surface area (TPSA) is 60.7 Å². The van der Waals surface area contributed by atoms with Crippen LogP contribution in [0.3, 0.4) is 0 Å². The normalized spacial score (nSPS) is 12.0.